The predicted molar refractivity (Wildman–Crippen MR) is 106 cm³/mol. The Morgan fingerprint density at radius 2 is 1.85 bits per heavy atom. The Bertz CT molecular complexity index is 767. The van der Waals surface area contributed by atoms with E-state index in [1.165, 1.54) is 12.5 Å². The van der Waals surface area contributed by atoms with E-state index in [-0.39, 0.29) is 36.1 Å². The van der Waals surface area contributed by atoms with Gasteiger partial charge in [-0.25, -0.2) is 0 Å². The number of nitrogens with zero attached hydrogens (tertiary/aromatic N) is 1. The molecule has 2 aromatic rings. The summed E-state index contributed by atoms with van der Waals surface area (Å²) in [5.74, 6) is 0.129. The van der Waals surface area contributed by atoms with E-state index in [2.05, 4.69) is 22.3 Å². The molecule has 26 heavy (non-hydrogen) atoms. The first-order chi connectivity index (χ1) is 12.0. The lowest BCUT2D eigenvalue weighted by Gasteiger charge is -2.16. The second-order valence-corrected chi connectivity index (χ2v) is 6.56. The molecular formula is C20H24ClN3O2. The molecule has 2 atom stereocenters. The number of likely N-dealkylation sites (tertiary alicyclic amines) is 1. The van der Waals surface area contributed by atoms with Crippen LogP contribution in [0.5, 0.6) is 0 Å². The molecule has 0 saturated carbocycles. The molecule has 0 aliphatic carbocycles. The third-order valence-corrected chi connectivity index (χ3v) is 4.59. The number of halogens is 1. The van der Waals surface area contributed by atoms with Crippen molar-refractivity contribution in [3.63, 3.8) is 0 Å². The van der Waals surface area contributed by atoms with Crippen LogP contribution in [0.15, 0.2) is 54.6 Å². The highest BCUT2D eigenvalue weighted by Gasteiger charge is 2.31. The van der Waals surface area contributed by atoms with E-state index >= 15 is 0 Å². The molecule has 0 radical (unpaired) electrons. The topological polar surface area (TPSA) is 75.4 Å². The molecule has 2 aromatic carbocycles. The molecule has 138 valence electrons. The summed E-state index contributed by atoms with van der Waals surface area (Å²) in [6.45, 7) is 3.27. The summed E-state index contributed by atoms with van der Waals surface area (Å²) in [5, 5.41) is 2.86. The van der Waals surface area contributed by atoms with Gasteiger partial charge in [0.1, 0.15) is 0 Å². The minimum Gasteiger partial charge on any atom is -0.326 e. The van der Waals surface area contributed by atoms with Crippen LogP contribution in [0.2, 0.25) is 0 Å². The highest BCUT2D eigenvalue weighted by molar-refractivity contribution is 5.97. The van der Waals surface area contributed by atoms with E-state index in [1.807, 2.05) is 18.2 Å². The van der Waals surface area contributed by atoms with Gasteiger partial charge in [-0.05, 0) is 24.6 Å². The number of benzene rings is 2. The van der Waals surface area contributed by atoms with Gasteiger partial charge in [-0.3, -0.25) is 14.5 Å². The van der Waals surface area contributed by atoms with E-state index in [0.717, 1.165) is 6.54 Å². The second-order valence-electron chi connectivity index (χ2n) is 6.56. The van der Waals surface area contributed by atoms with Crippen molar-refractivity contribution in [3.05, 3.63) is 65.7 Å². The summed E-state index contributed by atoms with van der Waals surface area (Å²) in [4.78, 5) is 25.8. The maximum atomic E-state index is 12.3. The van der Waals surface area contributed by atoms with Crippen molar-refractivity contribution >= 4 is 29.8 Å². The van der Waals surface area contributed by atoms with Crippen molar-refractivity contribution in [2.75, 3.05) is 25.0 Å². The molecule has 0 spiro atoms. The number of hydrogen-bond donors (Lipinski definition) is 2. The first kappa shape index (κ1) is 20.1. The lowest BCUT2D eigenvalue weighted by Crippen LogP contribution is -2.33. The SMILES string of the molecule is CC(=O)c1cccc(NC(=O)CN2C[C@@H](N)[C@H](c3ccccc3)C2)c1.Cl. The maximum Gasteiger partial charge on any atom is 0.238 e. The zero-order valence-corrected chi connectivity index (χ0v) is 15.5. The maximum absolute atomic E-state index is 12.3. The molecule has 1 aliphatic rings. The molecule has 6 heteroatoms. The van der Waals surface area contributed by atoms with Crippen LogP contribution in [0, 0.1) is 0 Å². The van der Waals surface area contributed by atoms with Gasteiger partial charge in [-0.2, -0.15) is 0 Å². The third kappa shape index (κ3) is 4.91. The van der Waals surface area contributed by atoms with Crippen LogP contribution >= 0.6 is 12.4 Å². The largest absolute Gasteiger partial charge is 0.326 e. The first-order valence-electron chi connectivity index (χ1n) is 8.46. The van der Waals surface area contributed by atoms with Crippen molar-refractivity contribution < 1.29 is 9.59 Å². The number of amides is 1. The van der Waals surface area contributed by atoms with E-state index in [4.69, 9.17) is 5.73 Å². The standard InChI is InChI=1S/C20H23N3O2.ClH/c1-14(24)16-8-5-9-17(10-16)22-20(25)13-23-11-18(19(21)12-23)15-6-3-2-4-7-15;/h2-10,18-19H,11-13,21H2,1H3,(H,22,25);1H/t18-,19+;/m0./s1. The van der Waals surface area contributed by atoms with E-state index in [9.17, 15) is 9.59 Å². The van der Waals surface area contributed by atoms with Gasteiger partial charge < -0.3 is 11.1 Å². The number of anilines is 1. The van der Waals surface area contributed by atoms with Crippen molar-refractivity contribution in [3.8, 4) is 0 Å². The Balaban J connectivity index is 0.00000243. The summed E-state index contributed by atoms with van der Waals surface area (Å²) >= 11 is 0. The van der Waals surface area contributed by atoms with Gasteiger partial charge >= 0.3 is 0 Å². The number of nitrogens with one attached hydrogen (secondary N) is 1. The Labute approximate surface area is 160 Å². The van der Waals surface area contributed by atoms with Crippen LogP contribution in [0.1, 0.15) is 28.8 Å². The predicted octanol–water partition coefficient (Wildman–Crippen LogP) is 2.68. The summed E-state index contributed by atoms with van der Waals surface area (Å²) < 4.78 is 0. The van der Waals surface area contributed by atoms with Crippen molar-refractivity contribution in [2.45, 2.75) is 18.9 Å². The summed E-state index contributed by atoms with van der Waals surface area (Å²) in [6, 6.07) is 17.2. The van der Waals surface area contributed by atoms with E-state index in [0.29, 0.717) is 24.3 Å². The second kappa shape index (κ2) is 8.94. The Hall–Kier alpha value is -2.21. The van der Waals surface area contributed by atoms with Gasteiger partial charge in [0.25, 0.3) is 0 Å². The third-order valence-electron chi connectivity index (χ3n) is 4.59. The van der Waals surface area contributed by atoms with E-state index < -0.39 is 0 Å². The zero-order chi connectivity index (χ0) is 17.8. The quantitative estimate of drug-likeness (QED) is 0.790. The molecule has 3 N–H and O–H groups in total. The van der Waals surface area contributed by atoms with Gasteiger partial charge in [0, 0.05) is 36.3 Å². The van der Waals surface area contributed by atoms with Crippen molar-refractivity contribution in [1.82, 2.24) is 4.90 Å². The van der Waals surface area contributed by atoms with Crippen molar-refractivity contribution in [1.29, 1.82) is 0 Å². The van der Waals surface area contributed by atoms with Gasteiger partial charge in [0.2, 0.25) is 5.91 Å². The molecule has 1 saturated heterocycles. The number of hydrogen-bond acceptors (Lipinski definition) is 4. The lowest BCUT2D eigenvalue weighted by atomic mass is 9.95. The number of rotatable bonds is 5. The zero-order valence-electron chi connectivity index (χ0n) is 14.7. The average molecular weight is 374 g/mol. The highest BCUT2D eigenvalue weighted by atomic mass is 35.5. The monoisotopic (exact) mass is 373 g/mol. The lowest BCUT2D eigenvalue weighted by molar-refractivity contribution is -0.117. The fourth-order valence-electron chi connectivity index (χ4n) is 3.31. The molecule has 1 amide bonds. The molecule has 1 fully saturated rings. The van der Waals surface area contributed by atoms with Crippen LogP contribution in [-0.2, 0) is 4.79 Å². The molecule has 3 rings (SSSR count). The molecule has 0 bridgehead atoms. The minimum atomic E-state index is -0.0957. The van der Waals surface area contributed by atoms with Crippen molar-refractivity contribution in [2.24, 2.45) is 5.73 Å². The first-order valence-corrected chi connectivity index (χ1v) is 8.46. The fraction of sp³-hybridized carbons (Fsp3) is 0.300. The minimum absolute atomic E-state index is 0. The Morgan fingerprint density at radius 1 is 1.12 bits per heavy atom. The van der Waals surface area contributed by atoms with E-state index in [1.54, 1.807) is 24.3 Å². The van der Waals surface area contributed by atoms with Gasteiger partial charge in [-0.15, -0.1) is 12.4 Å². The molecule has 1 aliphatic heterocycles. The molecule has 0 aromatic heterocycles. The van der Waals surface area contributed by atoms with Crippen LogP contribution in [0.25, 0.3) is 0 Å². The molecule has 0 unspecified atom stereocenters. The normalized spacial score (nSPS) is 19.6. The number of carbonyl (C=O) groups excluding carboxylic acids is 2. The number of Topliss-reactive ketones (excluding diaryl/α,β-unsaturated/α-hetero) is 1. The van der Waals surface area contributed by atoms with Crippen LogP contribution in [0.4, 0.5) is 5.69 Å². The summed E-state index contributed by atoms with van der Waals surface area (Å²) in [6.07, 6.45) is 0. The van der Waals surface area contributed by atoms with Gasteiger partial charge in [0.05, 0.1) is 6.54 Å². The molecule has 5 nitrogen and oxygen atoms in total. The smallest absolute Gasteiger partial charge is 0.238 e. The van der Waals surface area contributed by atoms with Gasteiger partial charge in [0.15, 0.2) is 5.78 Å². The van der Waals surface area contributed by atoms with Crippen LogP contribution < -0.4 is 11.1 Å². The number of ketones is 1. The highest BCUT2D eigenvalue weighted by Crippen LogP contribution is 2.26. The molecular weight excluding hydrogens is 350 g/mol. The molecule has 1 heterocycles. The van der Waals surface area contributed by atoms with Gasteiger partial charge in [-0.1, -0.05) is 42.5 Å². The van der Waals surface area contributed by atoms with Crippen LogP contribution in [-0.4, -0.2) is 42.3 Å². The Morgan fingerprint density at radius 3 is 2.54 bits per heavy atom. The summed E-state index contributed by atoms with van der Waals surface area (Å²) in [5.41, 5.74) is 8.71. The number of carbonyl (C=O) groups is 2. The average Bonchev–Trinajstić information content (AvgIpc) is 2.96. The van der Waals surface area contributed by atoms with Crippen LogP contribution in [0.3, 0.4) is 0 Å². The Kier molecular flexibility index (Phi) is 6.91. The fourth-order valence-corrected chi connectivity index (χ4v) is 3.31. The summed E-state index contributed by atoms with van der Waals surface area (Å²) in [7, 11) is 0. The number of nitrogens with two attached hydrogens (primary N) is 1.